The van der Waals surface area contributed by atoms with E-state index < -0.39 is 0 Å². The molecule has 1 aliphatic heterocycles. The number of nitrogens with zero attached hydrogens (tertiary/aromatic N) is 8. The molecule has 0 bridgehead atoms. The van der Waals surface area contributed by atoms with Crippen molar-refractivity contribution in [1.29, 1.82) is 0 Å². The summed E-state index contributed by atoms with van der Waals surface area (Å²) in [4.78, 5) is 11.3. The third kappa shape index (κ3) is 2.65. The van der Waals surface area contributed by atoms with Gasteiger partial charge in [-0.25, -0.2) is 14.6 Å². The van der Waals surface area contributed by atoms with Crippen LogP contribution in [-0.4, -0.2) is 41.1 Å². The maximum absolute atomic E-state index is 4.58. The Morgan fingerprint density at radius 1 is 0.800 bits per heavy atom. The summed E-state index contributed by atoms with van der Waals surface area (Å²) < 4.78 is 4.04. The van der Waals surface area contributed by atoms with Crippen molar-refractivity contribution in [2.75, 3.05) is 11.4 Å². The molecule has 0 unspecified atom stereocenters. The highest BCUT2D eigenvalue weighted by Crippen LogP contribution is 2.28. The summed E-state index contributed by atoms with van der Waals surface area (Å²) >= 11 is 0. The molecule has 0 saturated heterocycles. The number of rotatable bonds is 3. The van der Waals surface area contributed by atoms with E-state index in [1.54, 1.807) is 6.33 Å². The van der Waals surface area contributed by atoms with E-state index in [0.717, 1.165) is 52.8 Å². The first kappa shape index (κ1) is 16.8. The van der Waals surface area contributed by atoms with E-state index >= 15 is 0 Å². The molecule has 0 atom stereocenters. The molecule has 0 saturated carbocycles. The van der Waals surface area contributed by atoms with Crippen LogP contribution < -0.4 is 4.90 Å². The Hall–Kier alpha value is -4.07. The van der Waals surface area contributed by atoms with Gasteiger partial charge in [0.15, 0.2) is 17.3 Å². The number of para-hydroxylation sites is 1. The van der Waals surface area contributed by atoms with Crippen molar-refractivity contribution in [3.63, 3.8) is 0 Å². The topological polar surface area (TPSA) is 77.6 Å². The molecule has 0 N–H and O–H groups in total. The molecule has 6 rings (SSSR count). The van der Waals surface area contributed by atoms with Crippen molar-refractivity contribution in [2.45, 2.75) is 13.1 Å². The zero-order valence-corrected chi connectivity index (χ0v) is 16.1. The third-order valence-electron chi connectivity index (χ3n) is 5.43. The number of anilines is 1. The zero-order valence-electron chi connectivity index (χ0n) is 16.1. The van der Waals surface area contributed by atoms with Crippen LogP contribution in [0.1, 0.15) is 5.82 Å². The molecule has 30 heavy (non-hydrogen) atoms. The third-order valence-corrected chi connectivity index (χ3v) is 5.43. The molecular weight excluding hydrogens is 376 g/mol. The first-order valence-electron chi connectivity index (χ1n) is 9.85. The van der Waals surface area contributed by atoms with Gasteiger partial charge >= 0.3 is 0 Å². The van der Waals surface area contributed by atoms with Gasteiger partial charge in [0.2, 0.25) is 0 Å². The first-order chi connectivity index (χ1) is 14.9. The predicted octanol–water partition coefficient (Wildman–Crippen LogP) is 3.09. The van der Waals surface area contributed by atoms with Crippen LogP contribution in [0, 0.1) is 0 Å². The van der Waals surface area contributed by atoms with Crippen LogP contribution in [0.5, 0.6) is 0 Å². The minimum absolute atomic E-state index is 0.641. The SMILES string of the molecule is c1ccc(-c2nnc3n2CCN(c2ncnc4c2cnn4-c2ccccc2)C3)cc1. The summed E-state index contributed by atoms with van der Waals surface area (Å²) in [5, 5.41) is 14.4. The molecule has 8 heteroatoms. The van der Waals surface area contributed by atoms with Crippen LogP contribution in [-0.2, 0) is 13.1 Å². The van der Waals surface area contributed by atoms with Crippen molar-refractivity contribution in [3.8, 4) is 17.1 Å². The van der Waals surface area contributed by atoms with E-state index in [0.29, 0.717) is 6.54 Å². The molecule has 3 aromatic heterocycles. The lowest BCUT2D eigenvalue weighted by atomic mass is 10.2. The minimum Gasteiger partial charge on any atom is -0.347 e. The van der Waals surface area contributed by atoms with Gasteiger partial charge in [-0.1, -0.05) is 48.5 Å². The number of hydrogen-bond acceptors (Lipinski definition) is 6. The van der Waals surface area contributed by atoms with Crippen molar-refractivity contribution in [3.05, 3.63) is 79.0 Å². The molecule has 0 aliphatic carbocycles. The summed E-state index contributed by atoms with van der Waals surface area (Å²) in [6, 6.07) is 20.2. The maximum Gasteiger partial charge on any atom is 0.168 e. The van der Waals surface area contributed by atoms with E-state index in [-0.39, 0.29) is 0 Å². The normalized spacial score (nSPS) is 13.5. The quantitative estimate of drug-likeness (QED) is 0.468. The Labute approximate surface area is 172 Å². The minimum atomic E-state index is 0.641. The van der Waals surface area contributed by atoms with Crippen LogP contribution in [0.15, 0.2) is 73.2 Å². The van der Waals surface area contributed by atoms with Crippen molar-refractivity contribution < 1.29 is 0 Å². The lowest BCUT2D eigenvalue weighted by Gasteiger charge is -2.29. The molecular formula is C22H18N8. The largest absolute Gasteiger partial charge is 0.347 e. The molecule has 8 nitrogen and oxygen atoms in total. The Morgan fingerprint density at radius 2 is 1.60 bits per heavy atom. The molecule has 1 aliphatic rings. The highest BCUT2D eigenvalue weighted by atomic mass is 15.4. The molecule has 146 valence electrons. The van der Waals surface area contributed by atoms with E-state index in [2.05, 4.69) is 46.9 Å². The Balaban J connectivity index is 1.36. The number of benzene rings is 2. The summed E-state index contributed by atoms with van der Waals surface area (Å²) in [5.41, 5.74) is 2.85. The van der Waals surface area contributed by atoms with Crippen LogP contribution >= 0.6 is 0 Å². The standard InChI is InChI=1S/C22H18N8/c1-3-7-16(8-4-1)20-27-26-19-14-28(11-12-29(19)20)21-18-13-25-30(22(18)24-15-23-21)17-9-5-2-6-10-17/h1-10,13,15H,11-12,14H2. The molecule has 4 heterocycles. The van der Waals surface area contributed by atoms with E-state index in [1.807, 2.05) is 59.4 Å². The van der Waals surface area contributed by atoms with Gasteiger partial charge in [-0.15, -0.1) is 10.2 Å². The second kappa shape index (κ2) is 6.77. The van der Waals surface area contributed by atoms with Gasteiger partial charge in [0.1, 0.15) is 12.1 Å². The first-order valence-corrected chi connectivity index (χ1v) is 9.85. The van der Waals surface area contributed by atoms with Gasteiger partial charge < -0.3 is 9.47 Å². The van der Waals surface area contributed by atoms with Crippen LogP contribution in [0.3, 0.4) is 0 Å². The average molecular weight is 394 g/mol. The van der Waals surface area contributed by atoms with Gasteiger partial charge in [0.25, 0.3) is 0 Å². The number of fused-ring (bicyclic) bond motifs is 2. The second-order valence-electron chi connectivity index (χ2n) is 7.21. The fraction of sp³-hybridized carbons (Fsp3) is 0.136. The van der Waals surface area contributed by atoms with Gasteiger partial charge in [0, 0.05) is 18.7 Å². The van der Waals surface area contributed by atoms with Crippen LogP contribution in [0.25, 0.3) is 28.1 Å². The monoisotopic (exact) mass is 394 g/mol. The molecule has 5 aromatic rings. The summed E-state index contributed by atoms with van der Waals surface area (Å²) in [7, 11) is 0. The predicted molar refractivity (Wildman–Crippen MR) is 113 cm³/mol. The summed E-state index contributed by atoms with van der Waals surface area (Å²) in [6.45, 7) is 2.25. The lowest BCUT2D eigenvalue weighted by molar-refractivity contribution is 0.561. The van der Waals surface area contributed by atoms with E-state index in [1.165, 1.54) is 0 Å². The van der Waals surface area contributed by atoms with Crippen molar-refractivity contribution in [2.24, 2.45) is 0 Å². The molecule has 0 amide bonds. The lowest BCUT2D eigenvalue weighted by Crippen LogP contribution is -2.34. The highest BCUT2D eigenvalue weighted by molar-refractivity contribution is 5.87. The Kier molecular flexibility index (Phi) is 3.80. The fourth-order valence-corrected chi connectivity index (χ4v) is 3.98. The van der Waals surface area contributed by atoms with E-state index in [9.17, 15) is 0 Å². The molecule has 2 aromatic carbocycles. The zero-order chi connectivity index (χ0) is 19.9. The Bertz CT molecular complexity index is 1320. The highest BCUT2D eigenvalue weighted by Gasteiger charge is 2.25. The maximum atomic E-state index is 4.58. The summed E-state index contributed by atoms with van der Waals surface area (Å²) in [5.74, 6) is 2.72. The summed E-state index contributed by atoms with van der Waals surface area (Å²) in [6.07, 6.45) is 3.44. The van der Waals surface area contributed by atoms with Gasteiger partial charge in [-0.05, 0) is 12.1 Å². The fourth-order valence-electron chi connectivity index (χ4n) is 3.98. The average Bonchev–Trinajstić information content (AvgIpc) is 3.44. The van der Waals surface area contributed by atoms with Crippen LogP contribution in [0.2, 0.25) is 0 Å². The van der Waals surface area contributed by atoms with Gasteiger partial charge in [-0.3, -0.25) is 0 Å². The molecule has 0 spiro atoms. The van der Waals surface area contributed by atoms with Gasteiger partial charge in [-0.2, -0.15) is 5.10 Å². The van der Waals surface area contributed by atoms with Crippen molar-refractivity contribution in [1.82, 2.24) is 34.5 Å². The van der Waals surface area contributed by atoms with Gasteiger partial charge in [0.05, 0.1) is 23.8 Å². The molecule has 0 fully saturated rings. The number of hydrogen-bond donors (Lipinski definition) is 0. The van der Waals surface area contributed by atoms with E-state index in [4.69, 9.17) is 0 Å². The van der Waals surface area contributed by atoms with Crippen LogP contribution in [0.4, 0.5) is 5.82 Å². The molecule has 0 radical (unpaired) electrons. The smallest absolute Gasteiger partial charge is 0.168 e. The van der Waals surface area contributed by atoms with Crippen molar-refractivity contribution >= 4 is 16.9 Å². The number of aromatic nitrogens is 7. The second-order valence-corrected chi connectivity index (χ2v) is 7.21. The Morgan fingerprint density at radius 3 is 2.43 bits per heavy atom.